The van der Waals surface area contributed by atoms with Crippen LogP contribution in [-0.4, -0.2) is 15.7 Å². The molecular formula is C13H13NO. The van der Waals surface area contributed by atoms with E-state index < -0.39 is 5.60 Å². The highest BCUT2D eigenvalue weighted by molar-refractivity contribution is 5.73. The molecule has 1 atom stereocenters. The Morgan fingerprint density at radius 1 is 1.27 bits per heavy atom. The van der Waals surface area contributed by atoms with Crippen molar-refractivity contribution >= 4 is 5.57 Å². The first-order valence-corrected chi connectivity index (χ1v) is 4.90. The Kier molecular flexibility index (Phi) is 2.52. The van der Waals surface area contributed by atoms with Gasteiger partial charge in [-0.3, -0.25) is 4.98 Å². The lowest BCUT2D eigenvalue weighted by molar-refractivity contribution is 0.165. The van der Waals surface area contributed by atoms with Crippen molar-refractivity contribution in [1.82, 2.24) is 4.98 Å². The van der Waals surface area contributed by atoms with Crippen molar-refractivity contribution in [1.29, 1.82) is 0 Å². The van der Waals surface area contributed by atoms with E-state index >= 15 is 0 Å². The molecule has 1 heterocycles. The quantitative estimate of drug-likeness (QED) is 0.753. The lowest BCUT2D eigenvalue weighted by Gasteiger charge is -2.13. The summed E-state index contributed by atoms with van der Waals surface area (Å²) in [6, 6.07) is 5.74. The minimum atomic E-state index is -0.906. The fourth-order valence-corrected chi connectivity index (χ4v) is 1.51. The molecule has 1 N–H and O–H groups in total. The van der Waals surface area contributed by atoms with Crippen LogP contribution in [0.4, 0.5) is 0 Å². The van der Waals surface area contributed by atoms with Gasteiger partial charge in [0.2, 0.25) is 0 Å². The van der Waals surface area contributed by atoms with Gasteiger partial charge in [0.25, 0.3) is 0 Å². The van der Waals surface area contributed by atoms with Crippen LogP contribution in [0.25, 0.3) is 5.57 Å². The van der Waals surface area contributed by atoms with E-state index in [0.717, 1.165) is 11.3 Å². The molecule has 1 aromatic heterocycles. The molecule has 2 heteroatoms. The van der Waals surface area contributed by atoms with Crippen molar-refractivity contribution in [3.63, 3.8) is 0 Å². The molecule has 0 aliphatic heterocycles. The van der Waals surface area contributed by atoms with E-state index in [1.165, 1.54) is 0 Å². The molecule has 0 radical (unpaired) electrons. The fraction of sp³-hybridized carbons (Fsp3) is 0.154. The summed E-state index contributed by atoms with van der Waals surface area (Å²) in [7, 11) is 0. The summed E-state index contributed by atoms with van der Waals surface area (Å²) in [4.78, 5) is 4.25. The molecule has 2 nitrogen and oxygen atoms in total. The maximum absolute atomic E-state index is 9.96. The second-order valence-electron chi connectivity index (χ2n) is 3.76. The van der Waals surface area contributed by atoms with Crippen molar-refractivity contribution in [3.05, 3.63) is 60.5 Å². The van der Waals surface area contributed by atoms with E-state index in [-0.39, 0.29) is 0 Å². The molecule has 0 saturated heterocycles. The van der Waals surface area contributed by atoms with Gasteiger partial charge in [0.05, 0.1) is 11.3 Å². The molecule has 0 saturated carbocycles. The lowest BCUT2D eigenvalue weighted by Crippen LogP contribution is -2.16. The van der Waals surface area contributed by atoms with Crippen LogP contribution in [0, 0.1) is 0 Å². The molecule has 1 aliphatic rings. The fourth-order valence-electron chi connectivity index (χ4n) is 1.51. The third-order valence-electron chi connectivity index (χ3n) is 2.23. The SMILES string of the molecule is CC1(O)C=CC=CC(c2ccccn2)=C1. The van der Waals surface area contributed by atoms with E-state index in [2.05, 4.69) is 4.98 Å². The summed E-state index contributed by atoms with van der Waals surface area (Å²) in [5.74, 6) is 0. The highest BCUT2D eigenvalue weighted by Crippen LogP contribution is 2.21. The molecule has 0 aromatic carbocycles. The van der Waals surface area contributed by atoms with Crippen LogP contribution in [0.2, 0.25) is 0 Å². The van der Waals surface area contributed by atoms with Crippen molar-refractivity contribution in [2.45, 2.75) is 12.5 Å². The number of hydrogen-bond donors (Lipinski definition) is 1. The van der Waals surface area contributed by atoms with Crippen LogP contribution in [0.1, 0.15) is 12.6 Å². The minimum Gasteiger partial charge on any atom is -0.382 e. The average molecular weight is 199 g/mol. The number of nitrogens with zero attached hydrogens (tertiary/aromatic N) is 1. The molecule has 15 heavy (non-hydrogen) atoms. The molecule has 76 valence electrons. The predicted molar refractivity (Wildman–Crippen MR) is 61.1 cm³/mol. The number of pyridine rings is 1. The number of allylic oxidation sites excluding steroid dienone is 4. The molecule has 0 fully saturated rings. The Bertz CT molecular complexity index is 427. The highest BCUT2D eigenvalue weighted by atomic mass is 16.3. The first kappa shape index (κ1) is 9.87. The zero-order valence-corrected chi connectivity index (χ0v) is 8.59. The van der Waals surface area contributed by atoms with Crippen molar-refractivity contribution in [2.75, 3.05) is 0 Å². The molecule has 1 aliphatic carbocycles. The topological polar surface area (TPSA) is 33.1 Å². The summed E-state index contributed by atoms with van der Waals surface area (Å²) >= 11 is 0. The molecule has 1 unspecified atom stereocenters. The standard InChI is InChI=1S/C13H13NO/c1-13(15)8-4-2-6-11(10-13)12-7-3-5-9-14-12/h2-10,15H,1H3. The Labute approximate surface area is 89.3 Å². The van der Waals surface area contributed by atoms with Crippen LogP contribution in [0.5, 0.6) is 0 Å². The van der Waals surface area contributed by atoms with Gasteiger partial charge in [-0.15, -0.1) is 0 Å². The smallest absolute Gasteiger partial charge is 0.0993 e. The number of aliphatic hydroxyl groups is 1. The average Bonchev–Trinajstić information content (AvgIpc) is 2.41. The summed E-state index contributed by atoms with van der Waals surface area (Å²) in [5.41, 5.74) is 0.902. The van der Waals surface area contributed by atoms with Gasteiger partial charge in [0.1, 0.15) is 0 Å². The third-order valence-corrected chi connectivity index (χ3v) is 2.23. The number of rotatable bonds is 1. The monoisotopic (exact) mass is 199 g/mol. The summed E-state index contributed by atoms with van der Waals surface area (Å²) in [5, 5.41) is 9.96. The van der Waals surface area contributed by atoms with Crippen molar-refractivity contribution < 1.29 is 5.11 Å². The van der Waals surface area contributed by atoms with Crippen molar-refractivity contribution in [2.24, 2.45) is 0 Å². The van der Waals surface area contributed by atoms with Gasteiger partial charge in [0.15, 0.2) is 0 Å². The maximum atomic E-state index is 9.96. The molecule has 0 bridgehead atoms. The van der Waals surface area contributed by atoms with Crippen LogP contribution in [0.3, 0.4) is 0 Å². The van der Waals surface area contributed by atoms with E-state index in [9.17, 15) is 5.11 Å². The number of aromatic nitrogens is 1. The Hall–Kier alpha value is -1.67. The van der Waals surface area contributed by atoms with Gasteiger partial charge in [-0.2, -0.15) is 0 Å². The zero-order chi connectivity index (χ0) is 10.7. The predicted octanol–water partition coefficient (Wildman–Crippen LogP) is 2.34. The van der Waals surface area contributed by atoms with Gasteiger partial charge >= 0.3 is 0 Å². The van der Waals surface area contributed by atoms with E-state index in [0.29, 0.717) is 0 Å². The Balaban J connectivity index is 2.42. The third kappa shape index (κ3) is 2.42. The van der Waals surface area contributed by atoms with Gasteiger partial charge in [-0.05, 0) is 36.8 Å². The lowest BCUT2D eigenvalue weighted by atomic mass is 10.0. The summed E-state index contributed by atoms with van der Waals surface area (Å²) in [6.45, 7) is 1.75. The zero-order valence-electron chi connectivity index (χ0n) is 8.59. The molecule has 0 spiro atoms. The van der Waals surface area contributed by atoms with Crippen LogP contribution in [0.15, 0.2) is 54.8 Å². The van der Waals surface area contributed by atoms with Crippen molar-refractivity contribution in [3.8, 4) is 0 Å². The summed E-state index contributed by atoms with van der Waals surface area (Å²) < 4.78 is 0. The largest absolute Gasteiger partial charge is 0.382 e. The summed E-state index contributed by atoms with van der Waals surface area (Å²) in [6.07, 6.45) is 11.0. The molecule has 2 rings (SSSR count). The first-order chi connectivity index (χ1) is 7.17. The van der Waals surface area contributed by atoms with Gasteiger partial charge in [-0.25, -0.2) is 0 Å². The highest BCUT2D eigenvalue weighted by Gasteiger charge is 2.15. The maximum Gasteiger partial charge on any atom is 0.0993 e. The van der Waals surface area contributed by atoms with Crippen LogP contribution >= 0.6 is 0 Å². The number of hydrogen-bond acceptors (Lipinski definition) is 2. The van der Waals surface area contributed by atoms with E-state index in [1.807, 2.05) is 36.4 Å². The van der Waals surface area contributed by atoms with Gasteiger partial charge in [0, 0.05) is 6.20 Å². The van der Waals surface area contributed by atoms with Crippen LogP contribution in [-0.2, 0) is 0 Å². The van der Waals surface area contributed by atoms with Gasteiger partial charge < -0.3 is 5.11 Å². The van der Waals surface area contributed by atoms with Gasteiger partial charge in [-0.1, -0.05) is 24.3 Å². The molecular weight excluding hydrogens is 186 g/mol. The van der Waals surface area contributed by atoms with Crippen LogP contribution < -0.4 is 0 Å². The normalized spacial score (nSPS) is 24.8. The Morgan fingerprint density at radius 3 is 2.87 bits per heavy atom. The first-order valence-electron chi connectivity index (χ1n) is 4.90. The molecule has 0 amide bonds. The second-order valence-corrected chi connectivity index (χ2v) is 3.76. The second kappa shape index (κ2) is 3.83. The van der Waals surface area contributed by atoms with E-state index in [4.69, 9.17) is 0 Å². The molecule has 1 aromatic rings. The van der Waals surface area contributed by atoms with E-state index in [1.54, 1.807) is 25.3 Å². The minimum absolute atomic E-state index is 0.873. The Morgan fingerprint density at radius 2 is 2.13 bits per heavy atom.